The Hall–Kier alpha value is -2.37. The molecule has 0 fully saturated rings. The third-order valence-electron chi connectivity index (χ3n) is 2.59. The van der Waals surface area contributed by atoms with Crippen LogP contribution >= 0.6 is 0 Å². The second-order valence-corrected chi connectivity index (χ2v) is 4.19. The van der Waals surface area contributed by atoms with Crippen LogP contribution < -0.4 is 5.73 Å². The zero-order valence-corrected chi connectivity index (χ0v) is 10.3. The minimum Gasteiger partial charge on any atom is -0.366 e. The maximum atomic E-state index is 12.0. The molecule has 2 aromatic rings. The topological polar surface area (TPSA) is 87.9 Å². The highest BCUT2D eigenvalue weighted by atomic mass is 16.2. The number of nitrogens with two attached hydrogens (primary N) is 1. The lowest BCUT2D eigenvalue weighted by atomic mass is 10.1. The van der Waals surface area contributed by atoms with Gasteiger partial charge in [0, 0.05) is 13.6 Å². The van der Waals surface area contributed by atoms with Crippen molar-refractivity contribution in [3.05, 3.63) is 41.2 Å². The summed E-state index contributed by atoms with van der Waals surface area (Å²) in [5, 5.41) is 6.14. The molecule has 0 saturated heterocycles. The van der Waals surface area contributed by atoms with E-state index in [1.807, 2.05) is 31.2 Å². The smallest absolute Gasteiger partial charge is 0.291 e. The standard InChI is InChI=1S/C12H15N5O/c1-8-3-5-9(6-4-8)7-17(2)11(18)10-14-12(13)16-15-10/h3-6H,7H2,1-2H3,(H3,13,14,15,16). The molecular formula is C12H15N5O. The van der Waals surface area contributed by atoms with E-state index in [-0.39, 0.29) is 17.7 Å². The van der Waals surface area contributed by atoms with E-state index in [2.05, 4.69) is 15.2 Å². The van der Waals surface area contributed by atoms with E-state index in [9.17, 15) is 4.79 Å². The Morgan fingerprint density at radius 1 is 1.39 bits per heavy atom. The number of nitrogen functional groups attached to an aromatic ring is 1. The predicted octanol–water partition coefficient (Wildman–Crippen LogP) is 0.968. The van der Waals surface area contributed by atoms with Crippen LogP contribution in [-0.2, 0) is 6.54 Å². The highest BCUT2D eigenvalue weighted by molar-refractivity contribution is 5.90. The first kappa shape index (κ1) is 12.1. The molecule has 0 saturated carbocycles. The van der Waals surface area contributed by atoms with E-state index < -0.39 is 0 Å². The van der Waals surface area contributed by atoms with Crippen molar-refractivity contribution in [2.75, 3.05) is 12.8 Å². The molecule has 0 spiro atoms. The number of rotatable bonds is 3. The number of aromatic nitrogens is 3. The van der Waals surface area contributed by atoms with Crippen molar-refractivity contribution in [3.63, 3.8) is 0 Å². The summed E-state index contributed by atoms with van der Waals surface area (Å²) in [4.78, 5) is 17.3. The summed E-state index contributed by atoms with van der Waals surface area (Å²) in [7, 11) is 1.71. The molecule has 0 atom stereocenters. The Labute approximate surface area is 105 Å². The lowest BCUT2D eigenvalue weighted by molar-refractivity contribution is 0.0773. The highest BCUT2D eigenvalue weighted by Crippen LogP contribution is 2.07. The molecule has 2 rings (SSSR count). The van der Waals surface area contributed by atoms with Crippen molar-refractivity contribution in [1.82, 2.24) is 20.1 Å². The second-order valence-electron chi connectivity index (χ2n) is 4.19. The second kappa shape index (κ2) is 4.87. The minimum atomic E-state index is -0.236. The third-order valence-corrected chi connectivity index (χ3v) is 2.59. The fraction of sp³-hybridized carbons (Fsp3) is 0.250. The zero-order chi connectivity index (χ0) is 13.1. The van der Waals surface area contributed by atoms with Crippen LogP contribution in [0.5, 0.6) is 0 Å². The van der Waals surface area contributed by atoms with Crippen LogP contribution in [0, 0.1) is 6.92 Å². The molecule has 0 aliphatic rings. The predicted molar refractivity (Wildman–Crippen MR) is 67.8 cm³/mol. The minimum absolute atomic E-state index is 0.0714. The summed E-state index contributed by atoms with van der Waals surface area (Å²) in [5.74, 6) is -0.0102. The largest absolute Gasteiger partial charge is 0.366 e. The monoisotopic (exact) mass is 245 g/mol. The first-order valence-corrected chi connectivity index (χ1v) is 5.55. The van der Waals surface area contributed by atoms with Gasteiger partial charge in [-0.05, 0) is 12.5 Å². The normalized spacial score (nSPS) is 10.3. The number of anilines is 1. The molecule has 1 aromatic heterocycles. The lowest BCUT2D eigenvalue weighted by Crippen LogP contribution is -2.27. The molecule has 0 radical (unpaired) electrons. The van der Waals surface area contributed by atoms with Gasteiger partial charge in [-0.2, -0.15) is 4.98 Å². The molecule has 1 amide bonds. The van der Waals surface area contributed by atoms with Gasteiger partial charge in [0.2, 0.25) is 11.8 Å². The van der Waals surface area contributed by atoms with Crippen LogP contribution in [0.15, 0.2) is 24.3 Å². The number of hydrogen-bond acceptors (Lipinski definition) is 4. The number of hydrogen-bond donors (Lipinski definition) is 2. The number of aryl methyl sites for hydroxylation is 1. The molecule has 6 heteroatoms. The van der Waals surface area contributed by atoms with E-state index in [0.29, 0.717) is 6.54 Å². The molecule has 1 aromatic carbocycles. The highest BCUT2D eigenvalue weighted by Gasteiger charge is 2.15. The van der Waals surface area contributed by atoms with Crippen molar-refractivity contribution in [3.8, 4) is 0 Å². The third kappa shape index (κ3) is 2.65. The zero-order valence-electron chi connectivity index (χ0n) is 10.3. The Kier molecular flexibility index (Phi) is 3.27. The van der Waals surface area contributed by atoms with Gasteiger partial charge in [-0.15, -0.1) is 5.10 Å². The Morgan fingerprint density at radius 2 is 2.06 bits per heavy atom. The van der Waals surface area contributed by atoms with Crippen molar-refractivity contribution in [2.24, 2.45) is 0 Å². The average molecular weight is 245 g/mol. The van der Waals surface area contributed by atoms with Gasteiger partial charge in [0.25, 0.3) is 5.91 Å². The molecule has 94 valence electrons. The molecule has 0 aliphatic carbocycles. The van der Waals surface area contributed by atoms with Gasteiger partial charge in [0.15, 0.2) is 0 Å². The summed E-state index contributed by atoms with van der Waals surface area (Å²) < 4.78 is 0. The van der Waals surface area contributed by atoms with Crippen LogP contribution in [0.1, 0.15) is 21.7 Å². The molecule has 3 N–H and O–H groups in total. The van der Waals surface area contributed by atoms with Gasteiger partial charge in [-0.25, -0.2) is 0 Å². The number of carbonyl (C=O) groups is 1. The summed E-state index contributed by atoms with van der Waals surface area (Å²) in [5.41, 5.74) is 7.61. The van der Waals surface area contributed by atoms with Crippen molar-refractivity contribution in [1.29, 1.82) is 0 Å². The molecule has 0 unspecified atom stereocenters. The summed E-state index contributed by atoms with van der Waals surface area (Å²) in [6.07, 6.45) is 0. The Bertz CT molecular complexity index is 546. The summed E-state index contributed by atoms with van der Waals surface area (Å²) in [6.45, 7) is 2.54. The van der Waals surface area contributed by atoms with Gasteiger partial charge >= 0.3 is 0 Å². The van der Waals surface area contributed by atoms with Gasteiger partial charge in [-0.3, -0.25) is 9.89 Å². The molecule has 6 nitrogen and oxygen atoms in total. The molecule has 0 aliphatic heterocycles. The van der Waals surface area contributed by atoms with E-state index in [0.717, 1.165) is 5.56 Å². The van der Waals surface area contributed by atoms with Gasteiger partial charge < -0.3 is 10.6 Å². The van der Waals surface area contributed by atoms with E-state index in [4.69, 9.17) is 5.73 Å². The van der Waals surface area contributed by atoms with Crippen LogP contribution in [0.3, 0.4) is 0 Å². The van der Waals surface area contributed by atoms with Gasteiger partial charge in [-0.1, -0.05) is 29.8 Å². The van der Waals surface area contributed by atoms with Crippen LogP contribution in [0.4, 0.5) is 5.95 Å². The average Bonchev–Trinajstić information content (AvgIpc) is 2.78. The van der Waals surface area contributed by atoms with Gasteiger partial charge in [0.1, 0.15) is 0 Å². The lowest BCUT2D eigenvalue weighted by Gasteiger charge is -2.15. The maximum Gasteiger partial charge on any atom is 0.291 e. The van der Waals surface area contributed by atoms with Crippen molar-refractivity contribution < 1.29 is 4.79 Å². The SMILES string of the molecule is Cc1ccc(CN(C)C(=O)c2nc(N)n[nH]2)cc1. The van der Waals surface area contributed by atoms with Gasteiger partial charge in [0.05, 0.1) is 0 Å². The number of carbonyl (C=O) groups excluding carboxylic acids is 1. The Balaban J connectivity index is 2.05. The summed E-state index contributed by atoms with van der Waals surface area (Å²) in [6, 6.07) is 8.02. The van der Waals surface area contributed by atoms with Crippen LogP contribution in [-0.4, -0.2) is 33.0 Å². The van der Waals surface area contributed by atoms with Crippen LogP contribution in [0.2, 0.25) is 0 Å². The molecule has 1 heterocycles. The van der Waals surface area contributed by atoms with Crippen molar-refractivity contribution in [2.45, 2.75) is 13.5 Å². The number of nitrogens with one attached hydrogen (secondary N) is 1. The first-order chi connectivity index (χ1) is 8.56. The molecule has 18 heavy (non-hydrogen) atoms. The maximum absolute atomic E-state index is 12.0. The number of nitrogens with zero attached hydrogens (tertiary/aromatic N) is 3. The van der Waals surface area contributed by atoms with E-state index >= 15 is 0 Å². The number of aromatic amines is 1. The number of amides is 1. The Morgan fingerprint density at radius 3 is 2.61 bits per heavy atom. The van der Waals surface area contributed by atoms with Crippen LogP contribution in [0.25, 0.3) is 0 Å². The van der Waals surface area contributed by atoms with E-state index in [1.165, 1.54) is 5.56 Å². The first-order valence-electron chi connectivity index (χ1n) is 5.55. The fourth-order valence-corrected chi connectivity index (χ4v) is 1.59. The van der Waals surface area contributed by atoms with Crippen molar-refractivity contribution >= 4 is 11.9 Å². The summed E-state index contributed by atoms with van der Waals surface area (Å²) >= 11 is 0. The quantitative estimate of drug-likeness (QED) is 0.843. The number of benzene rings is 1. The van der Waals surface area contributed by atoms with E-state index in [1.54, 1.807) is 11.9 Å². The molecular weight excluding hydrogens is 230 g/mol. The number of H-pyrrole nitrogens is 1. The fourth-order valence-electron chi connectivity index (χ4n) is 1.59. The molecule has 0 bridgehead atoms.